The molecule has 0 atom stereocenters. The lowest BCUT2D eigenvalue weighted by atomic mass is 10.2. The van der Waals surface area contributed by atoms with Crippen molar-refractivity contribution in [2.45, 2.75) is 20.0 Å². The van der Waals surface area contributed by atoms with Crippen molar-refractivity contribution < 1.29 is 13.9 Å². The number of hydrogen-bond acceptors (Lipinski definition) is 8. The summed E-state index contributed by atoms with van der Waals surface area (Å²) in [6.07, 6.45) is 3.09. The van der Waals surface area contributed by atoms with Gasteiger partial charge in [-0.1, -0.05) is 0 Å². The number of anilines is 1. The molecule has 12 heteroatoms. The van der Waals surface area contributed by atoms with Crippen LogP contribution in [0.25, 0.3) is 10.9 Å². The number of halogens is 1. The lowest BCUT2D eigenvalue weighted by molar-refractivity contribution is 0.254. The van der Waals surface area contributed by atoms with Crippen molar-refractivity contribution in [3.8, 4) is 11.6 Å². The summed E-state index contributed by atoms with van der Waals surface area (Å²) in [5, 5.41) is 20.3. The number of nitrogens with one attached hydrogen (secondary N) is 3. The van der Waals surface area contributed by atoms with Crippen LogP contribution >= 0.6 is 0 Å². The first-order valence-electron chi connectivity index (χ1n) is 10.7. The molecule has 0 saturated heterocycles. The average molecular weight is 473 g/mol. The fourth-order valence-corrected chi connectivity index (χ4v) is 3.48. The number of tetrazole rings is 1. The number of nitrogens with zero attached hydrogens (tertiary/aromatic N) is 6. The van der Waals surface area contributed by atoms with E-state index in [0.29, 0.717) is 47.3 Å². The van der Waals surface area contributed by atoms with Gasteiger partial charge in [0, 0.05) is 29.9 Å². The predicted octanol–water partition coefficient (Wildman–Crippen LogP) is 3.55. The van der Waals surface area contributed by atoms with Crippen LogP contribution in [-0.2, 0) is 13.1 Å². The second kappa shape index (κ2) is 9.65. The molecule has 176 valence electrons. The molecular formula is C23H20FN9O2. The molecule has 2 aromatic carbocycles. The standard InChI is InChI=1S/C23H20FN9O2/c1-14-8-16(2-4-19(14)24)28-23(34)33-7-6-15-9-18(3-5-20(15)33)35-22-10-17(26-13-27-22)11-25-12-21-29-31-32-30-21/h2-10,13,25H,11-12H2,1H3,(H,28,34)(H,29,30,31,32). The van der Waals surface area contributed by atoms with E-state index < -0.39 is 0 Å². The summed E-state index contributed by atoms with van der Waals surface area (Å²) in [5.74, 6) is 1.26. The molecule has 3 heterocycles. The third-order valence-electron chi connectivity index (χ3n) is 5.20. The Morgan fingerprint density at radius 2 is 2.03 bits per heavy atom. The largest absolute Gasteiger partial charge is 0.439 e. The second-order valence-corrected chi connectivity index (χ2v) is 7.70. The Bertz CT molecular complexity index is 1480. The highest BCUT2D eigenvalue weighted by Crippen LogP contribution is 2.26. The minimum atomic E-state index is -0.353. The molecule has 0 bridgehead atoms. The van der Waals surface area contributed by atoms with Gasteiger partial charge in [-0.05, 0) is 65.4 Å². The molecule has 3 aromatic heterocycles. The highest BCUT2D eigenvalue weighted by molar-refractivity contribution is 5.98. The van der Waals surface area contributed by atoms with Gasteiger partial charge in [0.25, 0.3) is 0 Å². The third kappa shape index (κ3) is 5.12. The van der Waals surface area contributed by atoms with Gasteiger partial charge >= 0.3 is 6.03 Å². The van der Waals surface area contributed by atoms with Crippen LogP contribution in [0.4, 0.5) is 14.9 Å². The molecule has 0 fully saturated rings. The number of amides is 1. The number of aromatic amines is 1. The van der Waals surface area contributed by atoms with Gasteiger partial charge in [0.15, 0.2) is 5.82 Å². The Hall–Kier alpha value is -4.71. The Morgan fingerprint density at radius 3 is 2.86 bits per heavy atom. The molecule has 35 heavy (non-hydrogen) atoms. The first kappa shape index (κ1) is 22.1. The highest BCUT2D eigenvalue weighted by atomic mass is 19.1. The maximum atomic E-state index is 13.5. The van der Waals surface area contributed by atoms with Crippen molar-refractivity contribution in [1.29, 1.82) is 0 Å². The van der Waals surface area contributed by atoms with Crippen molar-refractivity contribution in [2.24, 2.45) is 0 Å². The van der Waals surface area contributed by atoms with Crippen LogP contribution in [0.5, 0.6) is 11.6 Å². The summed E-state index contributed by atoms with van der Waals surface area (Å²) in [5.41, 5.74) is 2.41. The van der Waals surface area contributed by atoms with E-state index in [1.54, 1.807) is 37.4 Å². The zero-order valence-corrected chi connectivity index (χ0v) is 18.6. The zero-order chi connectivity index (χ0) is 24.2. The minimum absolute atomic E-state index is 0.321. The average Bonchev–Trinajstić information content (AvgIpc) is 3.51. The van der Waals surface area contributed by atoms with E-state index in [1.807, 2.05) is 12.1 Å². The number of aromatic nitrogens is 7. The molecule has 0 spiro atoms. The SMILES string of the molecule is Cc1cc(NC(=O)n2ccc3cc(Oc4cc(CNCc5nnn[nH]5)ncn4)ccc32)ccc1F. The molecule has 0 aliphatic carbocycles. The van der Waals surface area contributed by atoms with Gasteiger partial charge in [0.2, 0.25) is 5.88 Å². The molecule has 3 N–H and O–H groups in total. The molecule has 5 rings (SSSR count). The Balaban J connectivity index is 1.25. The van der Waals surface area contributed by atoms with E-state index in [0.717, 1.165) is 11.1 Å². The normalized spacial score (nSPS) is 11.0. The fourth-order valence-electron chi connectivity index (χ4n) is 3.48. The van der Waals surface area contributed by atoms with Gasteiger partial charge in [0.1, 0.15) is 17.9 Å². The van der Waals surface area contributed by atoms with E-state index in [1.165, 1.54) is 23.0 Å². The number of H-pyrrole nitrogens is 1. The minimum Gasteiger partial charge on any atom is -0.439 e. The topological polar surface area (TPSA) is 136 Å². The van der Waals surface area contributed by atoms with Gasteiger partial charge < -0.3 is 15.4 Å². The van der Waals surface area contributed by atoms with Gasteiger partial charge in [-0.3, -0.25) is 4.57 Å². The number of hydrogen-bond donors (Lipinski definition) is 3. The zero-order valence-electron chi connectivity index (χ0n) is 18.6. The molecule has 11 nitrogen and oxygen atoms in total. The first-order valence-corrected chi connectivity index (χ1v) is 10.7. The highest BCUT2D eigenvalue weighted by Gasteiger charge is 2.11. The molecule has 1 amide bonds. The summed E-state index contributed by atoms with van der Waals surface area (Å²) < 4.78 is 20.9. The van der Waals surface area contributed by atoms with Gasteiger partial charge in [0.05, 0.1) is 17.8 Å². The predicted molar refractivity (Wildman–Crippen MR) is 124 cm³/mol. The second-order valence-electron chi connectivity index (χ2n) is 7.70. The van der Waals surface area contributed by atoms with Gasteiger partial charge in [-0.25, -0.2) is 24.3 Å². The number of aryl methyl sites for hydroxylation is 1. The van der Waals surface area contributed by atoms with Crippen molar-refractivity contribution in [3.05, 3.63) is 84.0 Å². The van der Waals surface area contributed by atoms with Crippen LogP contribution < -0.4 is 15.4 Å². The van der Waals surface area contributed by atoms with E-state index in [9.17, 15) is 9.18 Å². The van der Waals surface area contributed by atoms with Crippen molar-refractivity contribution >= 4 is 22.6 Å². The van der Waals surface area contributed by atoms with E-state index in [-0.39, 0.29) is 11.8 Å². The van der Waals surface area contributed by atoms with Crippen LogP contribution in [0.2, 0.25) is 0 Å². The number of rotatable bonds is 7. The summed E-state index contributed by atoms with van der Waals surface area (Å²) in [4.78, 5) is 21.2. The van der Waals surface area contributed by atoms with Crippen LogP contribution in [0.15, 0.2) is 61.1 Å². The first-order chi connectivity index (χ1) is 17.0. The van der Waals surface area contributed by atoms with Crippen LogP contribution in [0.3, 0.4) is 0 Å². The van der Waals surface area contributed by atoms with E-state index >= 15 is 0 Å². The number of ether oxygens (including phenoxy) is 1. The van der Waals surface area contributed by atoms with E-state index in [4.69, 9.17) is 4.74 Å². The summed E-state index contributed by atoms with van der Waals surface area (Å²) in [6, 6.07) is 13.0. The van der Waals surface area contributed by atoms with Gasteiger partial charge in [-0.15, -0.1) is 5.10 Å². The van der Waals surface area contributed by atoms with Crippen molar-refractivity contribution in [1.82, 2.24) is 40.5 Å². The lowest BCUT2D eigenvalue weighted by Gasteiger charge is -2.09. The van der Waals surface area contributed by atoms with E-state index in [2.05, 4.69) is 41.2 Å². The Morgan fingerprint density at radius 1 is 1.11 bits per heavy atom. The Labute approximate surface area is 198 Å². The third-order valence-corrected chi connectivity index (χ3v) is 5.20. The van der Waals surface area contributed by atoms with Crippen molar-refractivity contribution in [2.75, 3.05) is 5.32 Å². The molecule has 0 aliphatic heterocycles. The molecule has 0 saturated carbocycles. The van der Waals surface area contributed by atoms with Crippen molar-refractivity contribution in [3.63, 3.8) is 0 Å². The maximum absolute atomic E-state index is 13.5. The Kier molecular flexibility index (Phi) is 6.09. The number of benzene rings is 2. The molecule has 5 aromatic rings. The smallest absolute Gasteiger partial charge is 0.330 e. The summed E-state index contributed by atoms with van der Waals surface area (Å²) in [6.45, 7) is 2.59. The van der Waals surface area contributed by atoms with Crippen LogP contribution in [0.1, 0.15) is 17.1 Å². The monoisotopic (exact) mass is 473 g/mol. The molecule has 0 radical (unpaired) electrons. The maximum Gasteiger partial charge on any atom is 0.330 e. The number of carbonyl (C=O) groups is 1. The number of fused-ring (bicyclic) bond motifs is 1. The number of carbonyl (C=O) groups excluding carboxylic acids is 1. The molecular weight excluding hydrogens is 453 g/mol. The lowest BCUT2D eigenvalue weighted by Crippen LogP contribution is -2.18. The summed E-state index contributed by atoms with van der Waals surface area (Å²) in [7, 11) is 0. The fraction of sp³-hybridized carbons (Fsp3) is 0.130. The van der Waals surface area contributed by atoms with Crippen LogP contribution in [-0.4, -0.2) is 41.2 Å². The van der Waals surface area contributed by atoms with Crippen LogP contribution in [0, 0.1) is 12.7 Å². The molecule has 0 aliphatic rings. The van der Waals surface area contributed by atoms with Gasteiger partial charge in [-0.2, -0.15) is 0 Å². The summed E-state index contributed by atoms with van der Waals surface area (Å²) >= 11 is 0. The quantitative estimate of drug-likeness (QED) is 0.327. The molecule has 0 unspecified atom stereocenters.